The minimum absolute atomic E-state index is 0.0246. The maximum atomic E-state index is 5.83. The molecule has 0 spiro atoms. The summed E-state index contributed by atoms with van der Waals surface area (Å²) in [5.74, 6) is 0.967. The molecule has 0 aliphatic rings. The first-order valence-corrected chi connectivity index (χ1v) is 5.04. The fourth-order valence-corrected chi connectivity index (χ4v) is 1.39. The molecular formula is C10H10ClN3O2. The van der Waals surface area contributed by atoms with Crippen molar-refractivity contribution in [3.63, 3.8) is 0 Å². The van der Waals surface area contributed by atoms with E-state index in [4.69, 9.17) is 26.5 Å². The minimum Gasteiger partial charge on any atom is -0.481 e. The molecule has 1 aromatic heterocycles. The fraction of sp³-hybridized carbons (Fsp3) is 0.200. The van der Waals surface area contributed by atoms with Crippen LogP contribution in [0.4, 0.5) is 6.01 Å². The molecule has 0 saturated heterocycles. The van der Waals surface area contributed by atoms with Crippen LogP contribution in [0.1, 0.15) is 18.9 Å². The zero-order valence-corrected chi connectivity index (χ0v) is 9.31. The van der Waals surface area contributed by atoms with Gasteiger partial charge in [0.1, 0.15) is 5.75 Å². The van der Waals surface area contributed by atoms with Crippen molar-refractivity contribution in [1.29, 1.82) is 0 Å². The second-order valence-corrected chi connectivity index (χ2v) is 3.63. The number of nitrogen functional groups attached to an aromatic ring is 1. The van der Waals surface area contributed by atoms with Crippen LogP contribution < -0.4 is 10.5 Å². The first-order valence-electron chi connectivity index (χ1n) is 4.66. The lowest BCUT2D eigenvalue weighted by Crippen LogP contribution is -2.03. The maximum absolute atomic E-state index is 5.83. The van der Waals surface area contributed by atoms with Crippen LogP contribution in [-0.4, -0.2) is 10.2 Å². The summed E-state index contributed by atoms with van der Waals surface area (Å²) in [7, 11) is 0. The third-order valence-electron chi connectivity index (χ3n) is 1.91. The van der Waals surface area contributed by atoms with Crippen LogP contribution >= 0.6 is 11.6 Å². The number of halogens is 1. The van der Waals surface area contributed by atoms with Gasteiger partial charge in [0.2, 0.25) is 0 Å². The summed E-state index contributed by atoms with van der Waals surface area (Å²) < 4.78 is 10.6. The van der Waals surface area contributed by atoms with Crippen molar-refractivity contribution in [2.45, 2.75) is 13.0 Å². The first-order chi connectivity index (χ1) is 7.65. The third-order valence-corrected chi connectivity index (χ3v) is 2.15. The van der Waals surface area contributed by atoms with Gasteiger partial charge >= 0.3 is 6.01 Å². The second kappa shape index (κ2) is 4.40. The number of nitrogens with two attached hydrogens (primary N) is 1. The smallest absolute Gasteiger partial charge is 0.312 e. The molecule has 1 aromatic carbocycles. The Morgan fingerprint density at radius 2 is 2.25 bits per heavy atom. The largest absolute Gasteiger partial charge is 0.481 e. The molecule has 0 aliphatic heterocycles. The van der Waals surface area contributed by atoms with Gasteiger partial charge in [-0.25, -0.2) is 0 Å². The van der Waals surface area contributed by atoms with Crippen molar-refractivity contribution in [2.75, 3.05) is 5.73 Å². The zero-order chi connectivity index (χ0) is 11.5. The zero-order valence-electron chi connectivity index (χ0n) is 8.55. The van der Waals surface area contributed by atoms with Gasteiger partial charge in [0.05, 0.1) is 0 Å². The van der Waals surface area contributed by atoms with Crippen molar-refractivity contribution in [3.8, 4) is 5.75 Å². The van der Waals surface area contributed by atoms with E-state index >= 15 is 0 Å². The molecule has 0 fully saturated rings. The summed E-state index contributed by atoms with van der Waals surface area (Å²) >= 11 is 5.83. The average Bonchev–Trinajstić information content (AvgIpc) is 2.65. The Bertz CT molecular complexity index is 486. The molecule has 1 atom stereocenters. The number of hydrogen-bond acceptors (Lipinski definition) is 5. The predicted octanol–water partition coefficient (Wildman–Crippen LogP) is 2.45. The Morgan fingerprint density at radius 1 is 1.44 bits per heavy atom. The van der Waals surface area contributed by atoms with Crippen molar-refractivity contribution < 1.29 is 9.15 Å². The average molecular weight is 240 g/mol. The van der Waals surface area contributed by atoms with Gasteiger partial charge in [-0.05, 0) is 25.1 Å². The molecule has 0 aliphatic carbocycles. The summed E-state index contributed by atoms with van der Waals surface area (Å²) in [6, 6.07) is 7.09. The number of anilines is 1. The number of hydrogen-bond donors (Lipinski definition) is 1. The lowest BCUT2D eigenvalue weighted by Gasteiger charge is -2.10. The molecule has 2 rings (SSSR count). The van der Waals surface area contributed by atoms with E-state index in [1.165, 1.54) is 0 Å². The Hall–Kier alpha value is -1.75. The summed E-state index contributed by atoms with van der Waals surface area (Å²) in [6.07, 6.45) is -0.372. The van der Waals surface area contributed by atoms with Crippen LogP contribution in [0.2, 0.25) is 5.02 Å². The van der Waals surface area contributed by atoms with Crippen LogP contribution in [-0.2, 0) is 0 Å². The Kier molecular flexibility index (Phi) is 2.96. The van der Waals surface area contributed by atoms with Crippen molar-refractivity contribution in [3.05, 3.63) is 35.2 Å². The van der Waals surface area contributed by atoms with E-state index in [0.29, 0.717) is 16.7 Å². The van der Waals surface area contributed by atoms with Crippen molar-refractivity contribution >= 4 is 17.6 Å². The minimum atomic E-state index is -0.372. The number of aromatic nitrogens is 2. The Morgan fingerprint density at radius 3 is 2.88 bits per heavy atom. The van der Waals surface area contributed by atoms with Gasteiger partial charge in [-0.2, -0.15) is 0 Å². The molecule has 2 N–H and O–H groups in total. The SMILES string of the molecule is CC(Oc1cccc(Cl)c1)c1nnc(N)o1. The summed E-state index contributed by atoms with van der Waals surface area (Å²) in [4.78, 5) is 0. The Labute approximate surface area is 97.2 Å². The van der Waals surface area contributed by atoms with E-state index in [1.54, 1.807) is 31.2 Å². The van der Waals surface area contributed by atoms with Crippen molar-refractivity contribution in [2.24, 2.45) is 0 Å². The van der Waals surface area contributed by atoms with E-state index in [-0.39, 0.29) is 12.1 Å². The number of benzene rings is 1. The molecule has 1 unspecified atom stereocenters. The van der Waals surface area contributed by atoms with Crippen molar-refractivity contribution in [1.82, 2.24) is 10.2 Å². The highest BCUT2D eigenvalue weighted by molar-refractivity contribution is 6.30. The normalized spacial score (nSPS) is 12.4. The number of nitrogens with zero attached hydrogens (tertiary/aromatic N) is 2. The number of ether oxygens (including phenoxy) is 1. The van der Waals surface area contributed by atoms with Gasteiger partial charge in [0, 0.05) is 5.02 Å². The van der Waals surface area contributed by atoms with E-state index in [2.05, 4.69) is 10.2 Å². The third kappa shape index (κ3) is 2.43. The van der Waals surface area contributed by atoms with Crippen LogP contribution in [0.3, 0.4) is 0 Å². The molecule has 5 nitrogen and oxygen atoms in total. The van der Waals surface area contributed by atoms with E-state index in [1.807, 2.05) is 0 Å². The summed E-state index contributed by atoms with van der Waals surface area (Å²) in [5, 5.41) is 7.89. The highest BCUT2D eigenvalue weighted by Crippen LogP contribution is 2.23. The molecule has 0 saturated carbocycles. The first kappa shape index (κ1) is 10.8. The molecular weight excluding hydrogens is 230 g/mol. The quantitative estimate of drug-likeness (QED) is 0.891. The molecule has 16 heavy (non-hydrogen) atoms. The molecule has 0 amide bonds. The van der Waals surface area contributed by atoms with Gasteiger partial charge < -0.3 is 14.9 Å². The van der Waals surface area contributed by atoms with Crippen LogP contribution in [0.5, 0.6) is 5.75 Å². The molecule has 1 heterocycles. The standard InChI is InChI=1S/C10H10ClN3O2/c1-6(9-13-14-10(12)16-9)15-8-4-2-3-7(11)5-8/h2-6H,1H3,(H2,12,14). The molecule has 6 heteroatoms. The van der Waals surface area contributed by atoms with Crippen LogP contribution in [0.15, 0.2) is 28.7 Å². The highest BCUT2D eigenvalue weighted by atomic mass is 35.5. The lowest BCUT2D eigenvalue weighted by atomic mass is 10.3. The van der Waals surface area contributed by atoms with Gasteiger partial charge in [0.25, 0.3) is 5.89 Å². The highest BCUT2D eigenvalue weighted by Gasteiger charge is 2.14. The van der Waals surface area contributed by atoms with Crippen LogP contribution in [0, 0.1) is 0 Å². The molecule has 0 bridgehead atoms. The van der Waals surface area contributed by atoms with Gasteiger partial charge in [-0.1, -0.05) is 22.8 Å². The molecule has 2 aromatic rings. The number of rotatable bonds is 3. The van der Waals surface area contributed by atoms with E-state index < -0.39 is 0 Å². The van der Waals surface area contributed by atoms with Gasteiger partial charge in [0.15, 0.2) is 6.10 Å². The lowest BCUT2D eigenvalue weighted by molar-refractivity contribution is 0.190. The molecule has 0 radical (unpaired) electrons. The summed E-state index contributed by atoms with van der Waals surface area (Å²) in [5.41, 5.74) is 5.32. The summed E-state index contributed by atoms with van der Waals surface area (Å²) in [6.45, 7) is 1.79. The monoisotopic (exact) mass is 239 g/mol. The van der Waals surface area contributed by atoms with E-state index in [9.17, 15) is 0 Å². The van der Waals surface area contributed by atoms with E-state index in [0.717, 1.165) is 0 Å². The topological polar surface area (TPSA) is 74.2 Å². The second-order valence-electron chi connectivity index (χ2n) is 3.20. The van der Waals surface area contributed by atoms with Gasteiger partial charge in [-0.3, -0.25) is 0 Å². The Balaban J connectivity index is 2.10. The fourth-order valence-electron chi connectivity index (χ4n) is 1.21. The molecule has 84 valence electrons. The predicted molar refractivity (Wildman–Crippen MR) is 59.2 cm³/mol. The van der Waals surface area contributed by atoms with Gasteiger partial charge in [-0.15, -0.1) is 5.10 Å². The van der Waals surface area contributed by atoms with Crippen LogP contribution in [0.25, 0.3) is 0 Å². The maximum Gasteiger partial charge on any atom is 0.312 e.